The number of quaternary nitrogens is 1. The summed E-state index contributed by atoms with van der Waals surface area (Å²) in [5.41, 5.74) is 5.14. The van der Waals surface area contributed by atoms with E-state index in [9.17, 15) is 4.21 Å². The lowest BCUT2D eigenvalue weighted by molar-refractivity contribution is -0.413. The normalized spacial score (nSPS) is 14.1. The van der Waals surface area contributed by atoms with Gasteiger partial charge in [-0.2, -0.15) is 0 Å². The largest absolute Gasteiger partial charge is 0.355 e. The van der Waals surface area contributed by atoms with Crippen molar-refractivity contribution >= 4 is 10.8 Å². The molecule has 0 fully saturated rings. The van der Waals surface area contributed by atoms with Crippen LogP contribution in [0.2, 0.25) is 0 Å². The van der Waals surface area contributed by atoms with Gasteiger partial charge in [0.15, 0.2) is 0 Å². The summed E-state index contributed by atoms with van der Waals surface area (Å²) in [6, 6.07) is 17.8. The topological polar surface area (TPSA) is 44.7 Å². The highest BCUT2D eigenvalue weighted by molar-refractivity contribution is 7.85. The second-order valence-electron chi connectivity index (χ2n) is 4.50. The smallest absolute Gasteiger partial charge is 0.0856 e. The zero-order valence-electron chi connectivity index (χ0n) is 10.5. The van der Waals surface area contributed by atoms with Gasteiger partial charge in [-0.05, 0) is 30.7 Å². The molecular weight excluding hydrogens is 242 g/mol. The maximum atomic E-state index is 12.5. The van der Waals surface area contributed by atoms with Crippen LogP contribution in [0.5, 0.6) is 0 Å². The minimum absolute atomic E-state index is 0.318. The van der Waals surface area contributed by atoms with Crippen molar-refractivity contribution in [3.63, 3.8) is 0 Å². The van der Waals surface area contributed by atoms with Gasteiger partial charge in [0.25, 0.3) is 0 Å². The standard InChI is InChI=1S/C15H17NOS/c1-12(16)11-13-7-5-6-10-15(13)18(17)14-8-3-2-4-9-14/h2-10,12H,11,16H2,1H3/p+1/t12-,18-/m1/s1. The predicted octanol–water partition coefficient (Wildman–Crippen LogP) is 2.03. The minimum Gasteiger partial charge on any atom is -0.355 e. The van der Waals surface area contributed by atoms with Crippen LogP contribution in [0, 0.1) is 0 Å². The van der Waals surface area contributed by atoms with Crippen molar-refractivity contribution in [3.05, 3.63) is 60.2 Å². The van der Waals surface area contributed by atoms with Gasteiger partial charge in [0.05, 0.1) is 16.8 Å². The molecule has 2 atom stereocenters. The summed E-state index contributed by atoms with van der Waals surface area (Å²) >= 11 is 0. The average molecular weight is 260 g/mol. The Morgan fingerprint density at radius 1 is 1.06 bits per heavy atom. The van der Waals surface area contributed by atoms with E-state index in [0.717, 1.165) is 21.8 Å². The number of rotatable bonds is 4. The fourth-order valence-corrected chi connectivity index (χ4v) is 3.15. The van der Waals surface area contributed by atoms with Gasteiger partial charge in [-0.25, -0.2) is 4.21 Å². The monoisotopic (exact) mass is 260 g/mol. The Labute approximate surface area is 110 Å². The molecule has 2 nitrogen and oxygen atoms in total. The lowest BCUT2D eigenvalue weighted by atomic mass is 10.1. The van der Waals surface area contributed by atoms with Gasteiger partial charge >= 0.3 is 0 Å². The average Bonchev–Trinajstić information content (AvgIpc) is 2.39. The second-order valence-corrected chi connectivity index (χ2v) is 5.95. The zero-order valence-corrected chi connectivity index (χ0v) is 11.3. The summed E-state index contributed by atoms with van der Waals surface area (Å²) < 4.78 is 12.5. The van der Waals surface area contributed by atoms with Crippen LogP contribution in [0.1, 0.15) is 12.5 Å². The maximum absolute atomic E-state index is 12.5. The summed E-state index contributed by atoms with van der Waals surface area (Å²) in [6.45, 7) is 2.07. The van der Waals surface area contributed by atoms with E-state index >= 15 is 0 Å². The van der Waals surface area contributed by atoms with Crippen LogP contribution < -0.4 is 5.73 Å². The maximum Gasteiger partial charge on any atom is 0.0856 e. The highest BCUT2D eigenvalue weighted by atomic mass is 32.2. The van der Waals surface area contributed by atoms with Crippen molar-refractivity contribution < 1.29 is 9.94 Å². The van der Waals surface area contributed by atoms with Crippen molar-refractivity contribution in [2.45, 2.75) is 29.2 Å². The number of hydrogen-bond donors (Lipinski definition) is 1. The first-order valence-corrected chi connectivity index (χ1v) is 7.21. The van der Waals surface area contributed by atoms with Crippen molar-refractivity contribution in [3.8, 4) is 0 Å². The van der Waals surface area contributed by atoms with E-state index in [1.165, 1.54) is 0 Å². The first-order chi connectivity index (χ1) is 8.68. The van der Waals surface area contributed by atoms with E-state index in [2.05, 4.69) is 12.7 Å². The lowest BCUT2D eigenvalue weighted by Gasteiger charge is -2.09. The van der Waals surface area contributed by atoms with Crippen LogP contribution >= 0.6 is 0 Å². The predicted molar refractivity (Wildman–Crippen MR) is 73.6 cm³/mol. The zero-order chi connectivity index (χ0) is 13.0. The third-order valence-corrected chi connectivity index (χ3v) is 4.20. The van der Waals surface area contributed by atoms with Crippen LogP contribution in [0.4, 0.5) is 0 Å². The highest BCUT2D eigenvalue weighted by Crippen LogP contribution is 2.20. The van der Waals surface area contributed by atoms with E-state index in [4.69, 9.17) is 0 Å². The molecule has 0 bridgehead atoms. The van der Waals surface area contributed by atoms with Crippen LogP contribution in [-0.4, -0.2) is 10.3 Å². The quantitative estimate of drug-likeness (QED) is 0.898. The molecule has 3 heteroatoms. The molecule has 94 valence electrons. The number of benzene rings is 2. The molecule has 0 heterocycles. The summed E-state index contributed by atoms with van der Waals surface area (Å²) in [5, 5.41) is 0. The Morgan fingerprint density at radius 3 is 2.33 bits per heavy atom. The molecular formula is C15H18NOS+. The molecule has 0 amide bonds. The highest BCUT2D eigenvalue weighted by Gasteiger charge is 2.13. The third-order valence-electron chi connectivity index (χ3n) is 2.70. The fourth-order valence-electron chi connectivity index (χ4n) is 1.90. The van der Waals surface area contributed by atoms with Gasteiger partial charge in [0.2, 0.25) is 0 Å². The molecule has 3 N–H and O–H groups in total. The molecule has 0 spiro atoms. The first-order valence-electron chi connectivity index (χ1n) is 6.06. The SMILES string of the molecule is C[C@@H]([NH3+])Cc1ccccc1[S@](=O)c1ccccc1. The van der Waals surface area contributed by atoms with Gasteiger partial charge < -0.3 is 5.73 Å². The molecule has 0 saturated heterocycles. The molecule has 2 aromatic carbocycles. The Morgan fingerprint density at radius 2 is 1.67 bits per heavy atom. The fraction of sp³-hybridized carbons (Fsp3) is 0.200. The van der Waals surface area contributed by atoms with E-state index < -0.39 is 10.8 Å². The molecule has 0 aromatic heterocycles. The van der Waals surface area contributed by atoms with Crippen molar-refractivity contribution in [2.75, 3.05) is 0 Å². The molecule has 0 aliphatic carbocycles. The molecule has 0 aliphatic heterocycles. The molecule has 0 radical (unpaired) electrons. The van der Waals surface area contributed by atoms with Crippen LogP contribution in [0.3, 0.4) is 0 Å². The molecule has 0 unspecified atom stereocenters. The van der Waals surface area contributed by atoms with Crippen LogP contribution in [-0.2, 0) is 17.2 Å². The molecule has 18 heavy (non-hydrogen) atoms. The minimum atomic E-state index is -1.10. The molecule has 2 aromatic rings. The third kappa shape index (κ3) is 3.06. The van der Waals surface area contributed by atoms with Gasteiger partial charge in [-0.1, -0.05) is 36.4 Å². The van der Waals surface area contributed by atoms with E-state index in [0.29, 0.717) is 6.04 Å². The Balaban J connectivity index is 2.36. The first kappa shape index (κ1) is 13.0. The number of hydrogen-bond acceptors (Lipinski definition) is 1. The lowest BCUT2D eigenvalue weighted by Crippen LogP contribution is -2.60. The van der Waals surface area contributed by atoms with E-state index in [-0.39, 0.29) is 0 Å². The molecule has 0 saturated carbocycles. The van der Waals surface area contributed by atoms with Crippen LogP contribution in [0.25, 0.3) is 0 Å². The van der Waals surface area contributed by atoms with Gasteiger partial charge in [0, 0.05) is 16.2 Å². The van der Waals surface area contributed by atoms with Gasteiger partial charge in [-0.3, -0.25) is 0 Å². The van der Waals surface area contributed by atoms with Crippen molar-refractivity contribution in [2.24, 2.45) is 0 Å². The molecule has 2 rings (SSSR count). The van der Waals surface area contributed by atoms with Crippen LogP contribution in [0.15, 0.2) is 64.4 Å². The van der Waals surface area contributed by atoms with Gasteiger partial charge in [-0.15, -0.1) is 0 Å². The second kappa shape index (κ2) is 5.94. The molecule has 0 aliphatic rings. The van der Waals surface area contributed by atoms with Crippen molar-refractivity contribution in [1.29, 1.82) is 0 Å². The van der Waals surface area contributed by atoms with E-state index in [1.807, 2.05) is 54.6 Å². The summed E-state index contributed by atoms with van der Waals surface area (Å²) in [6.07, 6.45) is 0.856. The Bertz CT molecular complexity index is 537. The summed E-state index contributed by atoms with van der Waals surface area (Å²) in [5.74, 6) is 0. The Kier molecular flexibility index (Phi) is 4.28. The van der Waals surface area contributed by atoms with Gasteiger partial charge in [0.1, 0.15) is 0 Å². The Hall–Kier alpha value is -1.45. The van der Waals surface area contributed by atoms with E-state index in [1.54, 1.807) is 0 Å². The van der Waals surface area contributed by atoms with Crippen molar-refractivity contribution in [1.82, 2.24) is 0 Å². The summed E-state index contributed by atoms with van der Waals surface area (Å²) in [7, 11) is -1.10. The summed E-state index contributed by atoms with van der Waals surface area (Å²) in [4.78, 5) is 1.75.